The van der Waals surface area contributed by atoms with Crippen molar-refractivity contribution in [1.82, 2.24) is 5.32 Å². The van der Waals surface area contributed by atoms with Gasteiger partial charge in [0.25, 0.3) is 0 Å². The first-order valence-corrected chi connectivity index (χ1v) is 7.43. The molecule has 1 saturated carbocycles. The Hall–Kier alpha value is -0.0800. The third kappa shape index (κ3) is 4.26. The molecule has 0 radical (unpaired) electrons. The van der Waals surface area contributed by atoms with E-state index in [2.05, 4.69) is 26.1 Å². The molecule has 1 N–H and O–H groups in total. The van der Waals surface area contributed by atoms with Gasteiger partial charge in [0.15, 0.2) is 0 Å². The lowest BCUT2D eigenvalue weighted by Crippen LogP contribution is -2.56. The van der Waals surface area contributed by atoms with Gasteiger partial charge in [-0.25, -0.2) is 0 Å². The van der Waals surface area contributed by atoms with Crippen LogP contribution in [0.2, 0.25) is 0 Å². The lowest BCUT2D eigenvalue weighted by molar-refractivity contribution is -0.100. The Morgan fingerprint density at radius 3 is 2.35 bits per heavy atom. The second-order valence-corrected chi connectivity index (χ2v) is 5.95. The Bertz CT molecular complexity index is 194. The van der Waals surface area contributed by atoms with Crippen molar-refractivity contribution in [2.75, 3.05) is 13.7 Å². The van der Waals surface area contributed by atoms with Gasteiger partial charge in [-0.05, 0) is 44.6 Å². The zero-order chi connectivity index (χ0) is 12.7. The first-order chi connectivity index (χ1) is 8.14. The first kappa shape index (κ1) is 15.0. The van der Waals surface area contributed by atoms with Crippen LogP contribution in [0, 0.1) is 5.92 Å². The molecule has 0 aromatic carbocycles. The average molecular weight is 241 g/mol. The van der Waals surface area contributed by atoms with Crippen LogP contribution in [0.5, 0.6) is 0 Å². The molecule has 1 rings (SSSR count). The molecule has 1 atom stereocenters. The van der Waals surface area contributed by atoms with E-state index in [1.807, 2.05) is 7.11 Å². The van der Waals surface area contributed by atoms with E-state index in [1.54, 1.807) is 0 Å². The van der Waals surface area contributed by atoms with Crippen LogP contribution in [-0.4, -0.2) is 25.3 Å². The number of hydrogen-bond acceptors (Lipinski definition) is 2. The van der Waals surface area contributed by atoms with Crippen molar-refractivity contribution < 1.29 is 4.74 Å². The zero-order valence-corrected chi connectivity index (χ0v) is 12.2. The largest absolute Gasteiger partial charge is 0.377 e. The van der Waals surface area contributed by atoms with Crippen LogP contribution in [0.1, 0.15) is 65.7 Å². The van der Waals surface area contributed by atoms with E-state index in [-0.39, 0.29) is 5.60 Å². The molecule has 0 saturated heterocycles. The van der Waals surface area contributed by atoms with E-state index < -0.39 is 0 Å². The van der Waals surface area contributed by atoms with Crippen molar-refractivity contribution in [2.45, 2.75) is 77.4 Å². The standard InChI is InChI=1S/C15H31NO/c1-5-12-16-14(9-6-8-13(2)3)15(17-4)10-7-11-15/h13-14,16H,5-12H2,1-4H3. The van der Waals surface area contributed by atoms with Crippen LogP contribution in [-0.2, 0) is 4.74 Å². The summed E-state index contributed by atoms with van der Waals surface area (Å²) in [5, 5.41) is 3.71. The summed E-state index contributed by atoms with van der Waals surface area (Å²) >= 11 is 0. The SMILES string of the molecule is CCCNC(CCCC(C)C)C1(OC)CCC1. The van der Waals surface area contributed by atoms with Gasteiger partial charge in [0.2, 0.25) is 0 Å². The molecule has 0 amide bonds. The topological polar surface area (TPSA) is 21.3 Å². The van der Waals surface area contributed by atoms with Gasteiger partial charge in [-0.3, -0.25) is 0 Å². The maximum atomic E-state index is 5.83. The highest BCUT2D eigenvalue weighted by Gasteiger charge is 2.43. The van der Waals surface area contributed by atoms with Crippen LogP contribution >= 0.6 is 0 Å². The molecule has 1 aliphatic rings. The van der Waals surface area contributed by atoms with Crippen LogP contribution in [0.15, 0.2) is 0 Å². The summed E-state index contributed by atoms with van der Waals surface area (Å²) in [6.45, 7) is 7.98. The second-order valence-electron chi connectivity index (χ2n) is 5.95. The molecule has 0 spiro atoms. The summed E-state index contributed by atoms with van der Waals surface area (Å²) in [6, 6.07) is 0.569. The van der Waals surface area contributed by atoms with Crippen LogP contribution in [0.25, 0.3) is 0 Å². The minimum absolute atomic E-state index is 0.159. The maximum absolute atomic E-state index is 5.83. The molecule has 0 aliphatic heterocycles. The summed E-state index contributed by atoms with van der Waals surface area (Å²) in [5.41, 5.74) is 0.159. The van der Waals surface area contributed by atoms with E-state index in [9.17, 15) is 0 Å². The molecule has 0 bridgehead atoms. The average Bonchev–Trinajstić information content (AvgIpc) is 2.23. The number of methoxy groups -OCH3 is 1. The number of hydrogen-bond donors (Lipinski definition) is 1. The van der Waals surface area contributed by atoms with Crippen molar-refractivity contribution in [3.63, 3.8) is 0 Å². The summed E-state index contributed by atoms with van der Waals surface area (Å²) in [4.78, 5) is 0. The molecular formula is C15H31NO. The highest BCUT2D eigenvalue weighted by Crippen LogP contribution is 2.39. The molecule has 17 heavy (non-hydrogen) atoms. The molecule has 0 aromatic rings. The van der Waals surface area contributed by atoms with Crippen molar-refractivity contribution in [3.8, 4) is 0 Å². The highest BCUT2D eigenvalue weighted by atomic mass is 16.5. The van der Waals surface area contributed by atoms with E-state index >= 15 is 0 Å². The fourth-order valence-corrected chi connectivity index (χ4v) is 2.82. The third-order valence-electron chi connectivity index (χ3n) is 4.16. The Morgan fingerprint density at radius 1 is 1.24 bits per heavy atom. The van der Waals surface area contributed by atoms with Crippen LogP contribution < -0.4 is 5.32 Å². The van der Waals surface area contributed by atoms with Crippen molar-refractivity contribution in [2.24, 2.45) is 5.92 Å². The number of rotatable bonds is 9. The van der Waals surface area contributed by atoms with Gasteiger partial charge < -0.3 is 10.1 Å². The first-order valence-electron chi connectivity index (χ1n) is 7.43. The lowest BCUT2D eigenvalue weighted by atomic mass is 9.72. The monoisotopic (exact) mass is 241 g/mol. The number of nitrogens with one attached hydrogen (secondary N) is 1. The smallest absolute Gasteiger partial charge is 0.0831 e. The summed E-state index contributed by atoms with van der Waals surface area (Å²) in [6.07, 6.45) is 8.96. The van der Waals surface area contributed by atoms with Gasteiger partial charge in [-0.15, -0.1) is 0 Å². The van der Waals surface area contributed by atoms with Crippen molar-refractivity contribution in [3.05, 3.63) is 0 Å². The maximum Gasteiger partial charge on any atom is 0.0831 e. The fraction of sp³-hybridized carbons (Fsp3) is 1.00. The summed E-state index contributed by atoms with van der Waals surface area (Å²) in [5.74, 6) is 0.821. The molecule has 0 heterocycles. The minimum Gasteiger partial charge on any atom is -0.377 e. The zero-order valence-electron chi connectivity index (χ0n) is 12.2. The van der Waals surface area contributed by atoms with Gasteiger partial charge in [0, 0.05) is 13.2 Å². The molecule has 1 aliphatic carbocycles. The minimum atomic E-state index is 0.159. The molecule has 2 heteroatoms. The molecule has 102 valence electrons. The molecular weight excluding hydrogens is 210 g/mol. The van der Waals surface area contributed by atoms with Gasteiger partial charge in [0.1, 0.15) is 0 Å². The van der Waals surface area contributed by atoms with Gasteiger partial charge in [-0.2, -0.15) is 0 Å². The van der Waals surface area contributed by atoms with Crippen molar-refractivity contribution >= 4 is 0 Å². The van der Waals surface area contributed by atoms with Crippen LogP contribution in [0.3, 0.4) is 0 Å². The molecule has 0 aromatic heterocycles. The van der Waals surface area contributed by atoms with E-state index in [4.69, 9.17) is 4.74 Å². The normalized spacial score (nSPS) is 20.3. The molecule has 2 nitrogen and oxygen atoms in total. The van der Waals surface area contributed by atoms with Crippen molar-refractivity contribution in [1.29, 1.82) is 0 Å². The Labute approximate surface area is 108 Å². The summed E-state index contributed by atoms with van der Waals surface area (Å²) < 4.78 is 5.83. The lowest BCUT2D eigenvalue weighted by Gasteiger charge is -2.47. The highest BCUT2D eigenvalue weighted by molar-refractivity contribution is 4.99. The quantitative estimate of drug-likeness (QED) is 0.664. The van der Waals surface area contributed by atoms with Gasteiger partial charge in [-0.1, -0.05) is 33.6 Å². The Morgan fingerprint density at radius 2 is 1.94 bits per heavy atom. The molecule has 1 fully saturated rings. The molecule has 1 unspecified atom stereocenters. The van der Waals surface area contributed by atoms with E-state index in [0.717, 1.165) is 12.5 Å². The Kier molecular flexibility index (Phi) is 6.50. The second kappa shape index (κ2) is 7.38. The number of ether oxygens (including phenoxy) is 1. The predicted molar refractivity (Wildman–Crippen MR) is 74.4 cm³/mol. The van der Waals surface area contributed by atoms with Crippen LogP contribution in [0.4, 0.5) is 0 Å². The summed E-state index contributed by atoms with van der Waals surface area (Å²) in [7, 11) is 1.89. The van der Waals surface area contributed by atoms with Gasteiger partial charge >= 0.3 is 0 Å². The third-order valence-corrected chi connectivity index (χ3v) is 4.16. The fourth-order valence-electron chi connectivity index (χ4n) is 2.82. The predicted octanol–water partition coefficient (Wildman–Crippen LogP) is 3.75. The van der Waals surface area contributed by atoms with E-state index in [0.29, 0.717) is 6.04 Å². The van der Waals surface area contributed by atoms with E-state index in [1.165, 1.54) is 44.9 Å². The van der Waals surface area contributed by atoms with Gasteiger partial charge in [0.05, 0.1) is 5.60 Å². The Balaban J connectivity index is 2.41.